The van der Waals surface area contributed by atoms with Gasteiger partial charge in [0.1, 0.15) is 12.3 Å². The van der Waals surface area contributed by atoms with Crippen LogP contribution in [0.4, 0.5) is 0 Å². The number of fused-ring (bicyclic) bond motifs is 1. The zero-order chi connectivity index (χ0) is 21.3. The van der Waals surface area contributed by atoms with E-state index in [0.29, 0.717) is 19.0 Å². The molecule has 1 aliphatic rings. The van der Waals surface area contributed by atoms with Crippen molar-refractivity contribution in [3.63, 3.8) is 0 Å². The van der Waals surface area contributed by atoms with Crippen molar-refractivity contribution in [3.8, 4) is 5.75 Å². The normalized spacial score (nSPS) is 13.1. The highest BCUT2D eigenvalue weighted by molar-refractivity contribution is 14.0. The zero-order valence-electron chi connectivity index (χ0n) is 18.6. The number of carbonyl (C=O) groups is 1. The second kappa shape index (κ2) is 12.5. The summed E-state index contributed by atoms with van der Waals surface area (Å²) in [6.45, 7) is 7.11. The molecular weight excluding hydrogens is 503 g/mol. The SMILES string of the molecule is CCNC(=NCC(=O)N1CCc2ccccc2C1)NCCc1cc(C)ccc1OC.I. The van der Waals surface area contributed by atoms with Crippen molar-refractivity contribution in [1.82, 2.24) is 15.5 Å². The van der Waals surface area contributed by atoms with Gasteiger partial charge in [-0.25, -0.2) is 4.99 Å². The first kappa shape index (κ1) is 25.0. The van der Waals surface area contributed by atoms with Crippen LogP contribution in [-0.2, 0) is 24.2 Å². The Kier molecular flexibility index (Phi) is 10.1. The molecule has 2 aromatic rings. The number of rotatable bonds is 7. The summed E-state index contributed by atoms with van der Waals surface area (Å²) in [5, 5.41) is 6.55. The predicted molar refractivity (Wildman–Crippen MR) is 136 cm³/mol. The molecule has 0 saturated heterocycles. The highest BCUT2D eigenvalue weighted by Crippen LogP contribution is 2.20. The summed E-state index contributed by atoms with van der Waals surface area (Å²) in [6.07, 6.45) is 1.72. The molecule has 6 nitrogen and oxygen atoms in total. The number of aliphatic imine (C=N–C) groups is 1. The van der Waals surface area contributed by atoms with E-state index in [4.69, 9.17) is 4.74 Å². The van der Waals surface area contributed by atoms with Crippen LogP contribution in [0.15, 0.2) is 47.5 Å². The van der Waals surface area contributed by atoms with Crippen molar-refractivity contribution in [2.24, 2.45) is 4.99 Å². The highest BCUT2D eigenvalue weighted by Gasteiger charge is 2.20. The van der Waals surface area contributed by atoms with Gasteiger partial charge in [0.2, 0.25) is 5.91 Å². The van der Waals surface area contributed by atoms with E-state index in [1.807, 2.05) is 30.0 Å². The van der Waals surface area contributed by atoms with Crippen molar-refractivity contribution >= 4 is 35.8 Å². The monoisotopic (exact) mass is 536 g/mol. The standard InChI is InChI=1S/C24H32N4O2.HI/c1-4-25-24(26-13-11-20-15-18(2)9-10-22(20)30-3)27-16-23(29)28-14-12-19-7-5-6-8-21(19)17-28;/h5-10,15H,4,11-14,16-17H2,1-3H3,(H2,25,26,27);1H. The molecule has 7 heteroatoms. The molecule has 0 bridgehead atoms. The quantitative estimate of drug-likeness (QED) is 0.324. The van der Waals surface area contributed by atoms with Crippen LogP contribution in [0.3, 0.4) is 0 Å². The number of hydrogen-bond donors (Lipinski definition) is 2. The van der Waals surface area contributed by atoms with Crippen LogP contribution in [0.25, 0.3) is 0 Å². The van der Waals surface area contributed by atoms with Gasteiger partial charge in [0.15, 0.2) is 5.96 Å². The molecule has 2 N–H and O–H groups in total. The van der Waals surface area contributed by atoms with Crippen LogP contribution in [-0.4, -0.2) is 50.1 Å². The van der Waals surface area contributed by atoms with Gasteiger partial charge in [-0.15, -0.1) is 24.0 Å². The number of benzene rings is 2. The highest BCUT2D eigenvalue weighted by atomic mass is 127. The summed E-state index contributed by atoms with van der Waals surface area (Å²) in [7, 11) is 1.69. The fourth-order valence-corrected chi connectivity index (χ4v) is 3.72. The first-order valence-electron chi connectivity index (χ1n) is 10.6. The van der Waals surface area contributed by atoms with Crippen molar-refractivity contribution < 1.29 is 9.53 Å². The van der Waals surface area contributed by atoms with Crippen LogP contribution in [0.2, 0.25) is 0 Å². The first-order valence-corrected chi connectivity index (χ1v) is 10.6. The summed E-state index contributed by atoms with van der Waals surface area (Å²) in [5.41, 5.74) is 4.94. The second-order valence-corrected chi connectivity index (χ2v) is 7.52. The lowest BCUT2D eigenvalue weighted by Crippen LogP contribution is -2.41. The molecule has 1 amide bonds. The van der Waals surface area contributed by atoms with Crippen molar-refractivity contribution in [2.45, 2.75) is 33.2 Å². The van der Waals surface area contributed by atoms with Gasteiger partial charge in [0.25, 0.3) is 0 Å². The lowest BCUT2D eigenvalue weighted by Gasteiger charge is -2.28. The first-order chi connectivity index (χ1) is 14.6. The summed E-state index contributed by atoms with van der Waals surface area (Å²) in [6, 6.07) is 14.5. The number of carbonyl (C=O) groups excluding carboxylic acids is 1. The number of hydrogen-bond acceptors (Lipinski definition) is 3. The lowest BCUT2D eigenvalue weighted by atomic mass is 10.00. The summed E-state index contributed by atoms with van der Waals surface area (Å²) in [4.78, 5) is 19.1. The van der Waals surface area contributed by atoms with E-state index in [2.05, 4.69) is 46.8 Å². The molecule has 0 spiro atoms. The van der Waals surface area contributed by atoms with Crippen LogP contribution >= 0.6 is 24.0 Å². The number of methoxy groups -OCH3 is 1. The molecule has 1 aliphatic heterocycles. The van der Waals surface area contributed by atoms with Gasteiger partial charge in [-0.05, 0) is 49.4 Å². The van der Waals surface area contributed by atoms with Gasteiger partial charge in [-0.2, -0.15) is 0 Å². The molecule has 0 saturated carbocycles. The van der Waals surface area contributed by atoms with E-state index in [9.17, 15) is 4.79 Å². The van der Waals surface area contributed by atoms with E-state index < -0.39 is 0 Å². The Balaban J connectivity index is 0.00000341. The Morgan fingerprint density at radius 1 is 1.16 bits per heavy atom. The largest absolute Gasteiger partial charge is 0.496 e. The van der Waals surface area contributed by atoms with Crippen molar-refractivity contribution in [2.75, 3.05) is 33.3 Å². The minimum Gasteiger partial charge on any atom is -0.496 e. The summed E-state index contributed by atoms with van der Waals surface area (Å²) < 4.78 is 5.45. The van der Waals surface area contributed by atoms with Crippen LogP contribution < -0.4 is 15.4 Å². The molecule has 0 radical (unpaired) electrons. The third-order valence-corrected chi connectivity index (χ3v) is 5.32. The van der Waals surface area contributed by atoms with Crippen molar-refractivity contribution in [3.05, 3.63) is 64.7 Å². The molecule has 0 fully saturated rings. The number of halogens is 1. The Bertz CT molecular complexity index is 901. The maximum Gasteiger partial charge on any atom is 0.244 e. The number of guanidine groups is 1. The summed E-state index contributed by atoms with van der Waals surface area (Å²) >= 11 is 0. The predicted octanol–water partition coefficient (Wildman–Crippen LogP) is 3.30. The molecule has 1 heterocycles. The second-order valence-electron chi connectivity index (χ2n) is 7.52. The van der Waals surface area contributed by atoms with Crippen LogP contribution in [0.5, 0.6) is 5.75 Å². The molecule has 3 rings (SSSR count). The third kappa shape index (κ3) is 7.12. The van der Waals surface area contributed by atoms with Gasteiger partial charge < -0.3 is 20.3 Å². The molecule has 0 unspecified atom stereocenters. The summed E-state index contributed by atoms with van der Waals surface area (Å²) in [5.74, 6) is 1.61. The Morgan fingerprint density at radius 3 is 2.68 bits per heavy atom. The van der Waals surface area contributed by atoms with Gasteiger partial charge in [0.05, 0.1) is 7.11 Å². The number of aryl methyl sites for hydroxylation is 1. The Morgan fingerprint density at radius 2 is 1.94 bits per heavy atom. The zero-order valence-corrected chi connectivity index (χ0v) is 20.9. The van der Waals surface area contributed by atoms with Crippen LogP contribution in [0, 0.1) is 6.92 Å². The molecule has 0 aromatic heterocycles. The average molecular weight is 536 g/mol. The van der Waals surface area contributed by atoms with Crippen molar-refractivity contribution in [1.29, 1.82) is 0 Å². The third-order valence-electron chi connectivity index (χ3n) is 5.32. The van der Waals surface area contributed by atoms with E-state index in [-0.39, 0.29) is 36.4 Å². The number of nitrogens with one attached hydrogen (secondary N) is 2. The number of amides is 1. The molecular formula is C24H33IN4O2. The van der Waals surface area contributed by atoms with E-state index in [1.54, 1.807) is 7.11 Å². The molecule has 0 atom stereocenters. The fourth-order valence-electron chi connectivity index (χ4n) is 3.72. The fraction of sp³-hybridized carbons (Fsp3) is 0.417. The molecule has 31 heavy (non-hydrogen) atoms. The number of nitrogens with zero attached hydrogens (tertiary/aromatic N) is 2. The molecule has 0 aliphatic carbocycles. The van der Waals surface area contributed by atoms with E-state index >= 15 is 0 Å². The minimum atomic E-state index is 0. The maximum absolute atomic E-state index is 12.7. The molecule has 2 aromatic carbocycles. The smallest absolute Gasteiger partial charge is 0.244 e. The number of ether oxygens (including phenoxy) is 1. The van der Waals surface area contributed by atoms with Gasteiger partial charge in [-0.1, -0.05) is 42.0 Å². The molecule has 168 valence electrons. The Hall–Kier alpha value is -2.29. The van der Waals surface area contributed by atoms with Crippen LogP contribution in [0.1, 0.15) is 29.2 Å². The minimum absolute atomic E-state index is 0. The van der Waals surface area contributed by atoms with Gasteiger partial charge in [-0.3, -0.25) is 4.79 Å². The lowest BCUT2D eigenvalue weighted by molar-refractivity contribution is -0.130. The average Bonchev–Trinajstić information content (AvgIpc) is 2.77. The van der Waals surface area contributed by atoms with Gasteiger partial charge >= 0.3 is 0 Å². The maximum atomic E-state index is 12.7. The van der Waals surface area contributed by atoms with E-state index in [0.717, 1.165) is 37.2 Å². The Labute approximate surface area is 202 Å². The topological polar surface area (TPSA) is 66.0 Å². The van der Waals surface area contributed by atoms with Gasteiger partial charge in [0, 0.05) is 26.2 Å². The van der Waals surface area contributed by atoms with E-state index in [1.165, 1.54) is 16.7 Å².